The third-order valence-electron chi connectivity index (χ3n) is 8.03. The molecule has 222 valence electrons. The number of ether oxygens (including phenoxy) is 4. The van der Waals surface area contributed by atoms with E-state index >= 15 is 0 Å². The highest BCUT2D eigenvalue weighted by atomic mass is 16.6. The first kappa shape index (κ1) is 28.6. The maximum atomic E-state index is 11.5. The number of nitrogen functional groups attached to an aromatic ring is 1. The van der Waals surface area contributed by atoms with Gasteiger partial charge in [-0.25, -0.2) is 15.0 Å². The number of benzene rings is 3. The molecule has 1 unspecified atom stereocenters. The summed E-state index contributed by atoms with van der Waals surface area (Å²) < 4.78 is 25.6. The molecule has 3 aromatic carbocycles. The van der Waals surface area contributed by atoms with Gasteiger partial charge in [-0.05, 0) is 47.9 Å². The molecule has 1 saturated heterocycles. The summed E-state index contributed by atoms with van der Waals surface area (Å²) in [6, 6.07) is 25.1. The van der Waals surface area contributed by atoms with Crippen LogP contribution in [-0.2, 0) is 15.1 Å². The van der Waals surface area contributed by atoms with Gasteiger partial charge in [-0.2, -0.15) is 0 Å². The van der Waals surface area contributed by atoms with Crippen LogP contribution in [0, 0.1) is 0 Å². The number of aliphatic hydroxyl groups excluding tert-OH is 1. The van der Waals surface area contributed by atoms with Gasteiger partial charge in [-0.15, -0.1) is 0 Å². The zero-order chi connectivity index (χ0) is 30.2. The standard InChI is InChI=1S/C32H33N5O6/c1-31(39)27(38)25(43-30(31)37-19-36-26-28(33)34-18-35-29(26)37)17-42-32(20-7-5-4-6-8-20,21-9-13-23(40-2)14-10-21)22-11-15-24(41-3)16-12-22/h4-16,18-19,25,27,30,38-39H,17H2,1-3H3,(H2,33,34,35)/t25-,27?,30-,31+/m1/s1. The Kier molecular flexibility index (Phi) is 7.49. The fourth-order valence-electron chi connectivity index (χ4n) is 5.70. The fourth-order valence-corrected chi connectivity index (χ4v) is 5.70. The van der Waals surface area contributed by atoms with Crippen molar-refractivity contribution in [2.75, 3.05) is 26.6 Å². The van der Waals surface area contributed by atoms with Gasteiger partial charge in [-0.1, -0.05) is 54.6 Å². The molecule has 0 radical (unpaired) electrons. The van der Waals surface area contributed by atoms with E-state index in [2.05, 4.69) is 15.0 Å². The summed E-state index contributed by atoms with van der Waals surface area (Å²) in [7, 11) is 3.23. The molecule has 0 spiro atoms. The maximum absolute atomic E-state index is 11.5. The van der Waals surface area contributed by atoms with Crippen molar-refractivity contribution in [3.63, 3.8) is 0 Å². The van der Waals surface area contributed by atoms with Gasteiger partial charge in [0.25, 0.3) is 0 Å². The number of nitrogens with two attached hydrogens (primary N) is 1. The second-order valence-corrected chi connectivity index (χ2v) is 10.6. The molecule has 1 fully saturated rings. The second kappa shape index (κ2) is 11.3. The van der Waals surface area contributed by atoms with Gasteiger partial charge < -0.3 is 34.9 Å². The number of rotatable bonds is 9. The summed E-state index contributed by atoms with van der Waals surface area (Å²) in [5.41, 5.74) is 6.39. The van der Waals surface area contributed by atoms with Gasteiger partial charge >= 0.3 is 0 Å². The summed E-state index contributed by atoms with van der Waals surface area (Å²) in [5, 5.41) is 22.9. The van der Waals surface area contributed by atoms with E-state index in [1.54, 1.807) is 18.8 Å². The minimum Gasteiger partial charge on any atom is -0.497 e. The molecule has 11 heteroatoms. The van der Waals surface area contributed by atoms with Crippen molar-refractivity contribution >= 4 is 17.0 Å². The molecule has 11 nitrogen and oxygen atoms in total. The number of hydrogen-bond acceptors (Lipinski definition) is 10. The van der Waals surface area contributed by atoms with Crippen molar-refractivity contribution in [3.8, 4) is 11.5 Å². The van der Waals surface area contributed by atoms with Gasteiger partial charge in [0.1, 0.15) is 46.8 Å². The Hall–Kier alpha value is -4.55. The molecule has 5 aromatic rings. The Morgan fingerprint density at radius 1 is 0.884 bits per heavy atom. The van der Waals surface area contributed by atoms with Gasteiger partial charge in [0.15, 0.2) is 17.7 Å². The molecule has 1 aliphatic rings. The minimum atomic E-state index is -1.71. The average molecular weight is 584 g/mol. The topological polar surface area (TPSA) is 147 Å². The van der Waals surface area contributed by atoms with Gasteiger partial charge in [0, 0.05) is 0 Å². The lowest BCUT2D eigenvalue weighted by molar-refractivity contribution is -0.103. The first-order chi connectivity index (χ1) is 20.8. The highest BCUT2D eigenvalue weighted by molar-refractivity contribution is 5.81. The molecule has 6 rings (SSSR count). The molecule has 0 saturated carbocycles. The number of nitrogens with zero attached hydrogens (tertiary/aromatic N) is 4. The van der Waals surface area contributed by atoms with Crippen molar-refractivity contribution in [2.45, 2.75) is 36.6 Å². The molecule has 0 aliphatic carbocycles. The Morgan fingerprint density at radius 3 is 2.05 bits per heavy atom. The molecule has 3 heterocycles. The van der Waals surface area contributed by atoms with Crippen LogP contribution in [0.2, 0.25) is 0 Å². The number of hydrogen-bond donors (Lipinski definition) is 3. The summed E-state index contributed by atoms with van der Waals surface area (Å²) in [6.07, 6.45) is -0.476. The SMILES string of the molecule is COc1ccc(C(OC[C@H]2O[C@@H](n3cnc4c(N)ncnc43)[C@@](C)(O)C2O)(c2ccccc2)c2ccc(OC)cc2)cc1. The third kappa shape index (κ3) is 4.86. The van der Waals surface area contributed by atoms with E-state index in [1.807, 2.05) is 78.9 Å². The van der Waals surface area contributed by atoms with E-state index in [0.29, 0.717) is 22.7 Å². The Balaban J connectivity index is 1.41. The zero-order valence-corrected chi connectivity index (χ0v) is 24.0. The van der Waals surface area contributed by atoms with Crippen molar-refractivity contribution in [1.82, 2.24) is 19.5 Å². The molecule has 4 atom stereocenters. The van der Waals surface area contributed by atoms with Crippen LogP contribution in [0.5, 0.6) is 11.5 Å². The normalized spacial score (nSPS) is 22.1. The van der Waals surface area contributed by atoms with Crippen molar-refractivity contribution in [3.05, 3.63) is 108 Å². The highest BCUT2D eigenvalue weighted by Crippen LogP contribution is 2.44. The van der Waals surface area contributed by atoms with Crippen molar-refractivity contribution < 1.29 is 29.2 Å². The number of imidazole rings is 1. The lowest BCUT2D eigenvalue weighted by Gasteiger charge is -2.37. The zero-order valence-electron chi connectivity index (χ0n) is 24.0. The lowest BCUT2D eigenvalue weighted by atomic mass is 9.80. The van der Waals surface area contributed by atoms with Crippen LogP contribution in [0.4, 0.5) is 5.82 Å². The molecular weight excluding hydrogens is 550 g/mol. The minimum absolute atomic E-state index is 0.0788. The molecule has 43 heavy (non-hydrogen) atoms. The van der Waals surface area contributed by atoms with Gasteiger partial charge in [-0.3, -0.25) is 4.57 Å². The van der Waals surface area contributed by atoms with Crippen LogP contribution in [-0.4, -0.2) is 68.4 Å². The molecule has 0 bridgehead atoms. The van der Waals surface area contributed by atoms with Crippen LogP contribution in [0.25, 0.3) is 11.2 Å². The third-order valence-corrected chi connectivity index (χ3v) is 8.03. The molecule has 2 aromatic heterocycles. The van der Waals surface area contributed by atoms with Crippen molar-refractivity contribution in [2.24, 2.45) is 0 Å². The van der Waals surface area contributed by atoms with E-state index in [-0.39, 0.29) is 12.4 Å². The number of aliphatic hydroxyl groups is 2. The van der Waals surface area contributed by atoms with Crippen LogP contribution < -0.4 is 15.2 Å². The summed E-state index contributed by atoms with van der Waals surface area (Å²) in [6.45, 7) is 1.43. The summed E-state index contributed by atoms with van der Waals surface area (Å²) >= 11 is 0. The quantitative estimate of drug-likeness (QED) is 0.221. The Labute approximate surface area is 248 Å². The average Bonchev–Trinajstić information content (AvgIpc) is 3.57. The van der Waals surface area contributed by atoms with E-state index in [0.717, 1.165) is 16.7 Å². The lowest BCUT2D eigenvalue weighted by Crippen LogP contribution is -2.45. The number of aromatic nitrogens is 4. The first-order valence-electron chi connectivity index (χ1n) is 13.8. The number of methoxy groups -OCH3 is 2. The molecule has 0 amide bonds. The predicted octanol–water partition coefficient (Wildman–Crippen LogP) is 3.44. The van der Waals surface area contributed by atoms with E-state index in [1.165, 1.54) is 19.6 Å². The highest BCUT2D eigenvalue weighted by Gasteiger charge is 2.54. The largest absolute Gasteiger partial charge is 0.497 e. The van der Waals surface area contributed by atoms with E-state index in [9.17, 15) is 10.2 Å². The summed E-state index contributed by atoms with van der Waals surface area (Å²) in [5.74, 6) is 1.60. The van der Waals surface area contributed by atoms with Crippen LogP contribution in [0.15, 0.2) is 91.5 Å². The van der Waals surface area contributed by atoms with Crippen LogP contribution >= 0.6 is 0 Å². The van der Waals surface area contributed by atoms with Gasteiger partial charge in [0.2, 0.25) is 0 Å². The van der Waals surface area contributed by atoms with Gasteiger partial charge in [0.05, 0.1) is 27.2 Å². The summed E-state index contributed by atoms with van der Waals surface area (Å²) in [4.78, 5) is 12.6. The van der Waals surface area contributed by atoms with E-state index in [4.69, 9.17) is 24.7 Å². The number of fused-ring (bicyclic) bond motifs is 1. The predicted molar refractivity (Wildman–Crippen MR) is 159 cm³/mol. The van der Waals surface area contributed by atoms with Crippen molar-refractivity contribution in [1.29, 1.82) is 0 Å². The second-order valence-electron chi connectivity index (χ2n) is 10.6. The Morgan fingerprint density at radius 2 is 1.47 bits per heavy atom. The van der Waals surface area contributed by atoms with E-state index < -0.39 is 29.6 Å². The maximum Gasteiger partial charge on any atom is 0.168 e. The number of anilines is 1. The van der Waals surface area contributed by atoms with Crippen LogP contribution in [0.1, 0.15) is 29.8 Å². The Bertz CT molecular complexity index is 1640. The molecular formula is C32H33N5O6. The smallest absolute Gasteiger partial charge is 0.168 e. The first-order valence-corrected chi connectivity index (χ1v) is 13.8. The molecule has 4 N–H and O–H groups in total. The fraction of sp³-hybridized carbons (Fsp3) is 0.281. The van der Waals surface area contributed by atoms with Crippen LogP contribution in [0.3, 0.4) is 0 Å². The molecule has 1 aliphatic heterocycles. The monoisotopic (exact) mass is 583 g/mol.